The third-order valence-electron chi connectivity index (χ3n) is 2.85. The van der Waals surface area contributed by atoms with E-state index in [1.54, 1.807) is 0 Å². The van der Waals surface area contributed by atoms with Crippen molar-refractivity contribution in [3.05, 3.63) is 0 Å². The van der Waals surface area contributed by atoms with Crippen molar-refractivity contribution in [3.8, 4) is 0 Å². The molecule has 0 heterocycles. The van der Waals surface area contributed by atoms with E-state index < -0.39 is 0 Å². The zero-order valence-corrected chi connectivity index (χ0v) is 12.9. The van der Waals surface area contributed by atoms with Crippen LogP contribution in [0, 0.1) is 5.92 Å². The Hall–Kier alpha value is 1.00. The van der Waals surface area contributed by atoms with Crippen molar-refractivity contribution in [2.24, 2.45) is 5.92 Å². The molecule has 0 aromatic carbocycles. The second-order valence-corrected chi connectivity index (χ2v) is 4.45. The molecule has 0 fully saturated rings. The molecule has 0 aliphatic carbocycles. The summed E-state index contributed by atoms with van der Waals surface area (Å²) in [4.78, 5) is 0. The van der Waals surface area contributed by atoms with Crippen molar-refractivity contribution in [1.29, 1.82) is 0 Å². The van der Waals surface area contributed by atoms with E-state index in [9.17, 15) is 0 Å². The summed E-state index contributed by atoms with van der Waals surface area (Å²) in [6.07, 6.45) is 12.9. The largest absolute Gasteiger partial charge is 1.00 e. The first-order chi connectivity index (χ1) is 6.31. The van der Waals surface area contributed by atoms with Gasteiger partial charge in [0.25, 0.3) is 0 Å². The SMILES string of the molecule is CCCCCCC(C)CCCCC.[H-].[Na+]. The molecule has 0 aromatic heterocycles. The quantitative estimate of drug-likeness (QED) is 0.403. The van der Waals surface area contributed by atoms with Crippen LogP contribution < -0.4 is 29.6 Å². The van der Waals surface area contributed by atoms with Crippen molar-refractivity contribution < 1.29 is 31.0 Å². The molecule has 0 rings (SSSR count). The first-order valence-corrected chi connectivity index (χ1v) is 6.31. The van der Waals surface area contributed by atoms with Crippen molar-refractivity contribution in [3.63, 3.8) is 0 Å². The van der Waals surface area contributed by atoms with Gasteiger partial charge in [-0.3, -0.25) is 0 Å². The topological polar surface area (TPSA) is 0 Å². The summed E-state index contributed by atoms with van der Waals surface area (Å²) in [6.45, 7) is 6.98. The molecule has 0 aromatic rings. The van der Waals surface area contributed by atoms with Crippen LogP contribution in [0.15, 0.2) is 0 Å². The van der Waals surface area contributed by atoms with E-state index in [-0.39, 0.29) is 31.0 Å². The molecule has 0 nitrogen and oxygen atoms in total. The van der Waals surface area contributed by atoms with Crippen LogP contribution in [0.3, 0.4) is 0 Å². The summed E-state index contributed by atoms with van der Waals surface area (Å²) < 4.78 is 0. The first kappa shape index (κ1) is 17.4. The Morgan fingerprint density at radius 3 is 1.71 bits per heavy atom. The molecule has 0 saturated heterocycles. The van der Waals surface area contributed by atoms with Gasteiger partial charge in [0.1, 0.15) is 0 Å². The average molecular weight is 208 g/mol. The van der Waals surface area contributed by atoms with Crippen LogP contribution in [0.4, 0.5) is 0 Å². The van der Waals surface area contributed by atoms with Gasteiger partial charge in [-0.1, -0.05) is 78.6 Å². The summed E-state index contributed by atoms with van der Waals surface area (Å²) >= 11 is 0. The maximum absolute atomic E-state index is 2.42. The van der Waals surface area contributed by atoms with Crippen molar-refractivity contribution in [1.82, 2.24) is 0 Å². The molecule has 0 amide bonds. The minimum atomic E-state index is 0. The number of hydrogen-bond donors (Lipinski definition) is 0. The van der Waals surface area contributed by atoms with Crippen LogP contribution >= 0.6 is 0 Å². The Morgan fingerprint density at radius 2 is 1.21 bits per heavy atom. The van der Waals surface area contributed by atoms with Gasteiger partial charge in [-0.25, -0.2) is 0 Å². The molecule has 1 unspecified atom stereocenters. The molecule has 82 valence electrons. The summed E-state index contributed by atoms with van der Waals surface area (Å²) in [6, 6.07) is 0. The normalized spacial score (nSPS) is 12.2. The fraction of sp³-hybridized carbons (Fsp3) is 1.00. The van der Waals surface area contributed by atoms with Gasteiger partial charge in [-0.2, -0.15) is 0 Å². The zero-order valence-electron chi connectivity index (χ0n) is 11.9. The Labute approximate surface area is 115 Å². The van der Waals surface area contributed by atoms with Crippen molar-refractivity contribution >= 4 is 0 Å². The fourth-order valence-electron chi connectivity index (χ4n) is 1.81. The Bertz CT molecular complexity index is 96.5. The molecule has 1 heteroatoms. The van der Waals surface area contributed by atoms with Gasteiger partial charge in [-0.15, -0.1) is 0 Å². The number of hydrogen-bond acceptors (Lipinski definition) is 0. The molecular formula is C13H29Na. The Kier molecular flexibility index (Phi) is 17.4. The van der Waals surface area contributed by atoms with Crippen molar-refractivity contribution in [2.75, 3.05) is 0 Å². The fourth-order valence-corrected chi connectivity index (χ4v) is 1.81. The molecule has 0 aliphatic heterocycles. The molecule has 0 radical (unpaired) electrons. The van der Waals surface area contributed by atoms with Crippen molar-refractivity contribution in [2.45, 2.75) is 78.6 Å². The van der Waals surface area contributed by atoms with Crippen LogP contribution in [0.25, 0.3) is 0 Å². The van der Waals surface area contributed by atoms with Gasteiger partial charge in [0.05, 0.1) is 0 Å². The Balaban J connectivity index is -0.000000720. The minimum Gasteiger partial charge on any atom is -1.00 e. The smallest absolute Gasteiger partial charge is 1.00 e. The third-order valence-corrected chi connectivity index (χ3v) is 2.85. The van der Waals surface area contributed by atoms with Gasteiger partial charge in [0, 0.05) is 0 Å². The van der Waals surface area contributed by atoms with Crippen LogP contribution in [0.5, 0.6) is 0 Å². The first-order valence-electron chi connectivity index (χ1n) is 6.31. The molecule has 0 spiro atoms. The third kappa shape index (κ3) is 13.0. The molecule has 0 aliphatic rings. The summed E-state index contributed by atoms with van der Waals surface area (Å²) in [7, 11) is 0. The van der Waals surface area contributed by atoms with E-state index in [0.717, 1.165) is 5.92 Å². The molecule has 0 saturated carbocycles. The molecular weight excluding hydrogens is 179 g/mol. The maximum Gasteiger partial charge on any atom is 1.00 e. The van der Waals surface area contributed by atoms with E-state index in [1.165, 1.54) is 57.8 Å². The van der Waals surface area contributed by atoms with Crippen LogP contribution in [0.1, 0.15) is 80.0 Å². The number of unbranched alkanes of at least 4 members (excludes halogenated alkanes) is 5. The van der Waals surface area contributed by atoms with Gasteiger partial charge >= 0.3 is 29.6 Å². The standard InChI is InChI=1S/C13H28.Na.H/c1-4-6-8-10-12-13(3)11-9-7-5-2;;/h13H,4-12H2,1-3H3;;/q;+1;-1. The summed E-state index contributed by atoms with van der Waals surface area (Å²) in [5.74, 6) is 0.975. The zero-order chi connectivity index (χ0) is 9.94. The average Bonchev–Trinajstić information content (AvgIpc) is 2.13. The van der Waals surface area contributed by atoms with Gasteiger partial charge in [0.15, 0.2) is 0 Å². The minimum absolute atomic E-state index is 0. The van der Waals surface area contributed by atoms with Crippen LogP contribution in [0.2, 0.25) is 0 Å². The molecule has 14 heavy (non-hydrogen) atoms. The Morgan fingerprint density at radius 1 is 0.786 bits per heavy atom. The maximum atomic E-state index is 2.42. The second kappa shape index (κ2) is 14.0. The van der Waals surface area contributed by atoms with Crippen LogP contribution in [-0.2, 0) is 0 Å². The van der Waals surface area contributed by atoms with Gasteiger partial charge in [-0.05, 0) is 5.92 Å². The summed E-state index contributed by atoms with van der Waals surface area (Å²) in [5, 5.41) is 0. The van der Waals surface area contributed by atoms with Gasteiger partial charge < -0.3 is 1.43 Å². The predicted octanol–water partition coefficient (Wildman–Crippen LogP) is 2.29. The second-order valence-electron chi connectivity index (χ2n) is 4.45. The summed E-state index contributed by atoms with van der Waals surface area (Å²) in [5.41, 5.74) is 0. The van der Waals surface area contributed by atoms with E-state index in [2.05, 4.69) is 20.8 Å². The molecule has 1 atom stereocenters. The monoisotopic (exact) mass is 208 g/mol. The predicted molar refractivity (Wildman–Crippen MR) is 63.2 cm³/mol. The molecule has 0 N–H and O–H groups in total. The molecule has 0 bridgehead atoms. The van der Waals surface area contributed by atoms with E-state index in [1.807, 2.05) is 0 Å². The van der Waals surface area contributed by atoms with E-state index in [4.69, 9.17) is 0 Å². The van der Waals surface area contributed by atoms with E-state index in [0.29, 0.717) is 0 Å². The van der Waals surface area contributed by atoms with Gasteiger partial charge in [0.2, 0.25) is 0 Å². The van der Waals surface area contributed by atoms with Crippen LogP contribution in [-0.4, -0.2) is 0 Å². The number of rotatable bonds is 9. The van der Waals surface area contributed by atoms with E-state index >= 15 is 0 Å².